The lowest BCUT2D eigenvalue weighted by molar-refractivity contribution is -0.115. The van der Waals surface area contributed by atoms with Gasteiger partial charge in [-0.1, -0.05) is 17.7 Å². The lowest BCUT2D eigenvalue weighted by atomic mass is 10.1. The van der Waals surface area contributed by atoms with Gasteiger partial charge in [0.2, 0.25) is 5.91 Å². The molecule has 152 valence electrons. The largest absolute Gasteiger partial charge is 0.369 e. The molecule has 0 unspecified atom stereocenters. The first-order chi connectivity index (χ1) is 14.5. The van der Waals surface area contributed by atoms with E-state index in [0.29, 0.717) is 24.6 Å². The number of nitrogens with zero attached hydrogens (tertiary/aromatic N) is 5. The van der Waals surface area contributed by atoms with Crippen LogP contribution in [0.3, 0.4) is 0 Å². The molecule has 3 aromatic heterocycles. The van der Waals surface area contributed by atoms with E-state index in [1.807, 2.05) is 51.1 Å². The lowest BCUT2D eigenvalue weighted by Gasteiger charge is -2.11. The minimum absolute atomic E-state index is 0.0499. The Morgan fingerprint density at radius 3 is 2.73 bits per heavy atom. The minimum Gasteiger partial charge on any atom is -0.369 e. The smallest absolute Gasteiger partial charge is 0.254 e. The van der Waals surface area contributed by atoms with Crippen molar-refractivity contribution in [2.45, 2.75) is 27.2 Å². The van der Waals surface area contributed by atoms with Gasteiger partial charge < -0.3 is 10.6 Å². The third kappa shape index (κ3) is 4.27. The van der Waals surface area contributed by atoms with Crippen LogP contribution in [0.25, 0.3) is 17.2 Å². The minimum atomic E-state index is -0.0499. The van der Waals surface area contributed by atoms with Gasteiger partial charge in [-0.05, 0) is 44.5 Å². The third-order valence-corrected chi connectivity index (χ3v) is 4.67. The average molecular weight is 401 g/mol. The van der Waals surface area contributed by atoms with Crippen molar-refractivity contribution in [3.63, 3.8) is 0 Å². The molecule has 0 atom stereocenters. The van der Waals surface area contributed by atoms with Crippen molar-refractivity contribution in [2.75, 3.05) is 17.2 Å². The van der Waals surface area contributed by atoms with Crippen molar-refractivity contribution in [3.05, 3.63) is 65.6 Å². The number of hydrogen-bond donors (Lipinski definition) is 2. The number of carbonyl (C=O) groups excluding carboxylic acids is 1. The number of amides is 1. The molecule has 0 aliphatic carbocycles. The number of aromatic nitrogens is 5. The number of carbonyl (C=O) groups is 1. The van der Waals surface area contributed by atoms with Gasteiger partial charge in [-0.2, -0.15) is 9.50 Å². The molecule has 1 aromatic carbocycles. The standard InChI is InChI=1S/C22H23N7O/c1-14-6-7-18(15(2)11-14)26-20(30)8-10-24-19-12-16(3)25-22-27-21(28-29(19)22)17-5-4-9-23-13-17/h4-7,9,11-13,24H,8,10H2,1-3H3,(H,26,30). The molecule has 0 bridgehead atoms. The van der Waals surface area contributed by atoms with E-state index in [1.165, 1.54) is 5.56 Å². The molecular weight excluding hydrogens is 378 g/mol. The highest BCUT2D eigenvalue weighted by atomic mass is 16.1. The number of benzene rings is 1. The van der Waals surface area contributed by atoms with E-state index in [9.17, 15) is 4.79 Å². The van der Waals surface area contributed by atoms with Crippen LogP contribution in [-0.2, 0) is 4.79 Å². The van der Waals surface area contributed by atoms with Gasteiger partial charge in [-0.25, -0.2) is 4.98 Å². The number of fused-ring (bicyclic) bond motifs is 1. The molecule has 0 aliphatic rings. The summed E-state index contributed by atoms with van der Waals surface area (Å²) in [6.45, 7) is 6.37. The molecule has 0 saturated heterocycles. The van der Waals surface area contributed by atoms with Crippen molar-refractivity contribution >= 4 is 23.2 Å². The van der Waals surface area contributed by atoms with E-state index in [2.05, 4.69) is 36.8 Å². The first kappa shape index (κ1) is 19.5. The number of pyridine rings is 1. The van der Waals surface area contributed by atoms with E-state index in [1.54, 1.807) is 16.9 Å². The molecule has 4 rings (SSSR count). The van der Waals surface area contributed by atoms with Gasteiger partial charge in [0.25, 0.3) is 5.78 Å². The zero-order valence-corrected chi connectivity index (χ0v) is 17.2. The molecule has 8 heteroatoms. The maximum atomic E-state index is 12.4. The average Bonchev–Trinajstić information content (AvgIpc) is 3.15. The highest BCUT2D eigenvalue weighted by Crippen LogP contribution is 2.18. The van der Waals surface area contributed by atoms with Crippen molar-refractivity contribution in [2.24, 2.45) is 0 Å². The third-order valence-electron chi connectivity index (χ3n) is 4.67. The van der Waals surface area contributed by atoms with Crippen LogP contribution in [0.1, 0.15) is 23.2 Å². The van der Waals surface area contributed by atoms with Crippen LogP contribution < -0.4 is 10.6 Å². The molecule has 0 saturated carbocycles. The summed E-state index contributed by atoms with van der Waals surface area (Å²) < 4.78 is 1.65. The van der Waals surface area contributed by atoms with Crippen molar-refractivity contribution < 1.29 is 4.79 Å². The number of anilines is 2. The fourth-order valence-corrected chi connectivity index (χ4v) is 3.20. The summed E-state index contributed by atoms with van der Waals surface area (Å²) in [6, 6.07) is 11.6. The fourth-order valence-electron chi connectivity index (χ4n) is 3.20. The summed E-state index contributed by atoms with van der Waals surface area (Å²) in [7, 11) is 0. The first-order valence-corrected chi connectivity index (χ1v) is 9.75. The molecule has 4 aromatic rings. The fraction of sp³-hybridized carbons (Fsp3) is 0.227. The van der Waals surface area contributed by atoms with Crippen LogP contribution in [0.5, 0.6) is 0 Å². The molecule has 8 nitrogen and oxygen atoms in total. The summed E-state index contributed by atoms with van der Waals surface area (Å²) in [5.41, 5.74) is 4.69. The zero-order valence-electron chi connectivity index (χ0n) is 17.2. The van der Waals surface area contributed by atoms with Crippen LogP contribution >= 0.6 is 0 Å². The predicted octanol–water partition coefficient (Wildman–Crippen LogP) is 3.55. The normalized spacial score (nSPS) is 10.9. The molecule has 0 radical (unpaired) electrons. The van der Waals surface area contributed by atoms with Crippen LogP contribution in [0.15, 0.2) is 48.8 Å². The summed E-state index contributed by atoms with van der Waals surface area (Å²) in [4.78, 5) is 25.4. The maximum Gasteiger partial charge on any atom is 0.254 e. The highest BCUT2D eigenvalue weighted by molar-refractivity contribution is 5.91. The van der Waals surface area contributed by atoms with Gasteiger partial charge in [0.1, 0.15) is 5.82 Å². The molecule has 30 heavy (non-hydrogen) atoms. The van der Waals surface area contributed by atoms with Crippen molar-refractivity contribution in [3.8, 4) is 11.4 Å². The second-order valence-electron chi connectivity index (χ2n) is 7.22. The Labute approximate surface area is 174 Å². The van der Waals surface area contributed by atoms with Gasteiger partial charge in [0, 0.05) is 48.4 Å². The molecule has 2 N–H and O–H groups in total. The molecule has 0 aliphatic heterocycles. The zero-order chi connectivity index (χ0) is 21.1. The van der Waals surface area contributed by atoms with Crippen LogP contribution in [-0.4, -0.2) is 37.0 Å². The second-order valence-corrected chi connectivity index (χ2v) is 7.22. The Hall–Kier alpha value is -3.81. The van der Waals surface area contributed by atoms with E-state index < -0.39 is 0 Å². The Balaban J connectivity index is 1.46. The molecule has 1 amide bonds. The highest BCUT2D eigenvalue weighted by Gasteiger charge is 2.12. The summed E-state index contributed by atoms with van der Waals surface area (Å²) in [6.07, 6.45) is 3.74. The lowest BCUT2D eigenvalue weighted by Crippen LogP contribution is -2.18. The van der Waals surface area contributed by atoms with Crippen LogP contribution in [0.4, 0.5) is 11.5 Å². The van der Waals surface area contributed by atoms with Gasteiger partial charge in [-0.3, -0.25) is 9.78 Å². The predicted molar refractivity (Wildman–Crippen MR) is 116 cm³/mol. The Morgan fingerprint density at radius 2 is 1.97 bits per heavy atom. The monoisotopic (exact) mass is 401 g/mol. The quantitative estimate of drug-likeness (QED) is 0.513. The number of rotatable bonds is 6. The molecule has 0 spiro atoms. The Morgan fingerprint density at radius 1 is 1.10 bits per heavy atom. The van der Waals surface area contributed by atoms with E-state index in [0.717, 1.165) is 28.3 Å². The molecule has 0 fully saturated rings. The van der Waals surface area contributed by atoms with Gasteiger partial charge in [-0.15, -0.1) is 5.10 Å². The first-order valence-electron chi connectivity index (χ1n) is 9.75. The van der Waals surface area contributed by atoms with E-state index >= 15 is 0 Å². The number of nitrogens with one attached hydrogen (secondary N) is 2. The van der Waals surface area contributed by atoms with Crippen molar-refractivity contribution in [1.82, 2.24) is 24.6 Å². The Kier molecular flexibility index (Phi) is 5.38. The van der Waals surface area contributed by atoms with Gasteiger partial charge in [0.05, 0.1) is 0 Å². The second kappa shape index (κ2) is 8.28. The number of hydrogen-bond acceptors (Lipinski definition) is 6. The summed E-state index contributed by atoms with van der Waals surface area (Å²) in [5.74, 6) is 1.73. The molecule has 3 heterocycles. The SMILES string of the molecule is Cc1ccc(NC(=O)CCNc2cc(C)nc3nc(-c4cccnc4)nn23)c(C)c1. The van der Waals surface area contributed by atoms with Gasteiger partial charge >= 0.3 is 0 Å². The maximum absolute atomic E-state index is 12.4. The summed E-state index contributed by atoms with van der Waals surface area (Å²) >= 11 is 0. The van der Waals surface area contributed by atoms with E-state index in [-0.39, 0.29) is 5.91 Å². The Bertz CT molecular complexity index is 1200. The number of aryl methyl sites for hydroxylation is 3. The molecular formula is C22H23N7O. The van der Waals surface area contributed by atoms with Crippen LogP contribution in [0, 0.1) is 20.8 Å². The van der Waals surface area contributed by atoms with Crippen LogP contribution in [0.2, 0.25) is 0 Å². The van der Waals surface area contributed by atoms with Gasteiger partial charge in [0.15, 0.2) is 5.82 Å². The van der Waals surface area contributed by atoms with Crippen molar-refractivity contribution in [1.29, 1.82) is 0 Å². The summed E-state index contributed by atoms with van der Waals surface area (Å²) in [5, 5.41) is 10.8. The van der Waals surface area contributed by atoms with E-state index in [4.69, 9.17) is 0 Å². The topological polar surface area (TPSA) is 97.1 Å².